The monoisotopic (exact) mass is 431 g/mol. The summed E-state index contributed by atoms with van der Waals surface area (Å²) >= 11 is 6.01. The van der Waals surface area contributed by atoms with Gasteiger partial charge in [-0.2, -0.15) is 0 Å². The maximum atomic E-state index is 12.7. The molecule has 2 aromatic rings. The molecule has 0 heterocycles. The van der Waals surface area contributed by atoms with Crippen LogP contribution in [-0.2, 0) is 20.2 Å². The Morgan fingerprint density at radius 2 is 1.81 bits per heavy atom. The predicted octanol–water partition coefficient (Wildman–Crippen LogP) is 2.92. The van der Waals surface area contributed by atoms with Crippen LogP contribution in [0.25, 0.3) is 0 Å². The minimum atomic E-state index is -3.67. The lowest BCUT2D eigenvalue weighted by Gasteiger charge is -2.24. The summed E-state index contributed by atoms with van der Waals surface area (Å²) in [5.41, 5.74) is 5.63. The summed E-state index contributed by atoms with van der Waals surface area (Å²) in [5.74, 6) is -0.274. The molecule has 0 aliphatic rings. The van der Waals surface area contributed by atoms with E-state index in [2.05, 4.69) is 10.0 Å². The molecule has 0 aliphatic heterocycles. The van der Waals surface area contributed by atoms with Gasteiger partial charge in [0.2, 0.25) is 15.9 Å². The van der Waals surface area contributed by atoms with Gasteiger partial charge in [-0.3, -0.25) is 4.79 Å². The minimum absolute atomic E-state index is 0. The first-order valence-corrected chi connectivity index (χ1v) is 9.90. The molecule has 2 rings (SSSR count). The van der Waals surface area contributed by atoms with Crippen LogP contribution in [0, 0.1) is 0 Å². The first-order valence-electron chi connectivity index (χ1n) is 8.04. The van der Waals surface area contributed by atoms with Gasteiger partial charge in [-0.1, -0.05) is 29.8 Å². The van der Waals surface area contributed by atoms with Crippen molar-refractivity contribution < 1.29 is 13.2 Å². The van der Waals surface area contributed by atoms with Crippen LogP contribution in [0.2, 0.25) is 5.02 Å². The van der Waals surface area contributed by atoms with Gasteiger partial charge in [0.05, 0.1) is 10.3 Å². The molecule has 1 amide bonds. The van der Waals surface area contributed by atoms with E-state index in [1.165, 1.54) is 12.1 Å². The molecular formula is C18H23Cl2N3O3S. The van der Waals surface area contributed by atoms with Gasteiger partial charge in [-0.15, -0.1) is 12.4 Å². The van der Waals surface area contributed by atoms with Crippen LogP contribution in [0.15, 0.2) is 53.4 Å². The average Bonchev–Trinajstić information content (AvgIpc) is 2.60. The lowest BCUT2D eigenvalue weighted by Crippen LogP contribution is -2.34. The van der Waals surface area contributed by atoms with Gasteiger partial charge >= 0.3 is 0 Å². The van der Waals surface area contributed by atoms with E-state index < -0.39 is 15.4 Å². The third kappa shape index (κ3) is 5.92. The fourth-order valence-corrected chi connectivity index (χ4v) is 3.60. The van der Waals surface area contributed by atoms with E-state index in [1.807, 2.05) is 6.07 Å². The Balaban J connectivity index is 0.00000364. The van der Waals surface area contributed by atoms with E-state index >= 15 is 0 Å². The molecular weight excluding hydrogens is 409 g/mol. The van der Waals surface area contributed by atoms with Crippen molar-refractivity contribution in [2.24, 2.45) is 5.73 Å². The maximum Gasteiger partial charge on any atom is 0.240 e. The smallest absolute Gasteiger partial charge is 0.240 e. The predicted molar refractivity (Wildman–Crippen MR) is 111 cm³/mol. The lowest BCUT2D eigenvalue weighted by molar-refractivity contribution is -0.120. The number of sulfonamides is 1. The summed E-state index contributed by atoms with van der Waals surface area (Å²) in [7, 11) is -3.67. The zero-order chi connectivity index (χ0) is 19.4. The molecule has 0 spiro atoms. The molecule has 6 nitrogen and oxygen atoms in total. The summed E-state index contributed by atoms with van der Waals surface area (Å²) in [6.45, 7) is 3.89. The van der Waals surface area contributed by atoms with E-state index in [-0.39, 0.29) is 36.3 Å². The Morgan fingerprint density at radius 3 is 2.44 bits per heavy atom. The topological polar surface area (TPSA) is 101 Å². The van der Waals surface area contributed by atoms with Crippen molar-refractivity contribution in [2.45, 2.75) is 24.2 Å². The second kappa shape index (κ2) is 9.52. The summed E-state index contributed by atoms with van der Waals surface area (Å²) in [5, 5.41) is 3.31. The number of halogens is 2. The number of carbonyl (C=O) groups is 1. The molecule has 0 saturated heterocycles. The lowest BCUT2D eigenvalue weighted by atomic mass is 9.83. The summed E-state index contributed by atoms with van der Waals surface area (Å²) in [4.78, 5) is 12.8. The molecule has 0 unspecified atom stereocenters. The van der Waals surface area contributed by atoms with E-state index in [0.29, 0.717) is 10.7 Å². The molecule has 0 bridgehead atoms. The Hall–Kier alpha value is -1.64. The fraction of sp³-hybridized carbons (Fsp3) is 0.278. The Kier molecular flexibility index (Phi) is 8.25. The van der Waals surface area contributed by atoms with Crippen molar-refractivity contribution in [3.63, 3.8) is 0 Å². The quantitative estimate of drug-likeness (QED) is 0.626. The van der Waals surface area contributed by atoms with Gasteiger partial charge in [0.1, 0.15) is 0 Å². The Morgan fingerprint density at radius 1 is 1.15 bits per heavy atom. The maximum absolute atomic E-state index is 12.7. The van der Waals surface area contributed by atoms with E-state index in [1.54, 1.807) is 44.2 Å². The van der Waals surface area contributed by atoms with Crippen molar-refractivity contribution in [3.05, 3.63) is 59.1 Å². The van der Waals surface area contributed by atoms with Crippen LogP contribution in [0.1, 0.15) is 19.4 Å². The highest BCUT2D eigenvalue weighted by atomic mass is 35.5. The largest absolute Gasteiger partial charge is 0.329 e. The van der Waals surface area contributed by atoms with Crippen LogP contribution < -0.4 is 15.8 Å². The van der Waals surface area contributed by atoms with E-state index in [0.717, 1.165) is 5.56 Å². The second-order valence-corrected chi connectivity index (χ2v) is 8.51. The molecule has 0 aromatic heterocycles. The first-order chi connectivity index (χ1) is 12.2. The van der Waals surface area contributed by atoms with Crippen molar-refractivity contribution in [2.75, 3.05) is 18.4 Å². The Bertz CT molecular complexity index is 902. The molecule has 0 atom stereocenters. The first kappa shape index (κ1) is 23.4. The van der Waals surface area contributed by atoms with E-state index in [9.17, 15) is 13.2 Å². The highest BCUT2D eigenvalue weighted by molar-refractivity contribution is 7.89. The van der Waals surface area contributed by atoms with Crippen LogP contribution >= 0.6 is 24.0 Å². The minimum Gasteiger partial charge on any atom is -0.329 e. The third-order valence-corrected chi connectivity index (χ3v) is 5.65. The highest BCUT2D eigenvalue weighted by Crippen LogP contribution is 2.27. The molecule has 0 radical (unpaired) electrons. The summed E-state index contributed by atoms with van der Waals surface area (Å²) < 4.78 is 26.8. The van der Waals surface area contributed by atoms with Crippen molar-refractivity contribution in [3.8, 4) is 0 Å². The summed E-state index contributed by atoms with van der Waals surface area (Å²) in [6.07, 6.45) is 0. The van der Waals surface area contributed by atoms with Crippen molar-refractivity contribution in [1.82, 2.24) is 4.72 Å². The van der Waals surface area contributed by atoms with Crippen LogP contribution in [0.3, 0.4) is 0 Å². The van der Waals surface area contributed by atoms with Gasteiger partial charge in [0.15, 0.2) is 0 Å². The molecule has 148 valence electrons. The third-order valence-electron chi connectivity index (χ3n) is 3.95. The fourth-order valence-electron chi connectivity index (χ4n) is 2.31. The van der Waals surface area contributed by atoms with Gasteiger partial charge in [-0.05, 0) is 49.7 Å². The number of rotatable bonds is 7. The molecule has 4 N–H and O–H groups in total. The van der Waals surface area contributed by atoms with Crippen LogP contribution in [-0.4, -0.2) is 27.4 Å². The number of benzene rings is 2. The molecule has 0 aliphatic carbocycles. The van der Waals surface area contributed by atoms with Gasteiger partial charge < -0.3 is 11.1 Å². The van der Waals surface area contributed by atoms with Gasteiger partial charge in [0, 0.05) is 23.8 Å². The Labute approximate surface area is 170 Å². The molecule has 0 saturated carbocycles. The van der Waals surface area contributed by atoms with Crippen molar-refractivity contribution in [1.29, 1.82) is 0 Å². The second-order valence-electron chi connectivity index (χ2n) is 6.30. The SMILES string of the molecule is CC(C)(C(=O)Nc1cccc(S(=O)(=O)NCCN)c1)c1cccc(Cl)c1.Cl. The number of hydrogen-bond acceptors (Lipinski definition) is 4. The number of nitrogens with one attached hydrogen (secondary N) is 2. The zero-order valence-electron chi connectivity index (χ0n) is 15.0. The standard InChI is InChI=1S/C18H22ClN3O3S.ClH/c1-18(2,13-5-3-6-14(19)11-13)17(23)22-15-7-4-8-16(12-15)26(24,25)21-10-9-20;/h3-8,11-12,21H,9-10,20H2,1-2H3,(H,22,23);1H. The number of nitrogens with two attached hydrogens (primary N) is 1. The van der Waals surface area contributed by atoms with Gasteiger partial charge in [-0.25, -0.2) is 13.1 Å². The van der Waals surface area contributed by atoms with Crippen molar-refractivity contribution >= 4 is 45.6 Å². The number of anilines is 1. The molecule has 27 heavy (non-hydrogen) atoms. The van der Waals surface area contributed by atoms with Gasteiger partial charge in [0.25, 0.3) is 0 Å². The normalized spacial score (nSPS) is 11.6. The highest BCUT2D eigenvalue weighted by Gasteiger charge is 2.30. The van der Waals surface area contributed by atoms with E-state index in [4.69, 9.17) is 17.3 Å². The van der Waals surface area contributed by atoms with Crippen LogP contribution in [0.4, 0.5) is 5.69 Å². The number of carbonyl (C=O) groups excluding carboxylic acids is 1. The number of amides is 1. The molecule has 0 fully saturated rings. The molecule has 9 heteroatoms. The zero-order valence-corrected chi connectivity index (χ0v) is 17.4. The van der Waals surface area contributed by atoms with Crippen LogP contribution in [0.5, 0.6) is 0 Å². The summed E-state index contributed by atoms with van der Waals surface area (Å²) in [6, 6.07) is 13.1. The molecule has 2 aromatic carbocycles. The number of hydrogen-bond donors (Lipinski definition) is 3. The average molecular weight is 432 g/mol.